The molecule has 22 heavy (non-hydrogen) atoms. The normalized spacial score (nSPS) is 15.8. The summed E-state index contributed by atoms with van der Waals surface area (Å²) >= 11 is 0. The van der Waals surface area contributed by atoms with Crippen LogP contribution in [0.25, 0.3) is 0 Å². The maximum absolute atomic E-state index is 12.6. The smallest absolute Gasteiger partial charge is 0.245 e. The van der Waals surface area contributed by atoms with E-state index in [0.717, 1.165) is 25.7 Å². The number of rotatable bonds is 5. The Hall–Kier alpha value is -1.85. The van der Waals surface area contributed by atoms with E-state index in [4.69, 9.17) is 4.52 Å². The molecule has 1 aliphatic carbocycles. The first-order valence-corrected chi connectivity index (χ1v) is 8.01. The molecule has 1 fully saturated rings. The lowest BCUT2D eigenvalue weighted by molar-refractivity contribution is -0.141. The van der Waals surface area contributed by atoms with Gasteiger partial charge in [0.15, 0.2) is 5.82 Å². The Morgan fingerprint density at radius 1 is 1.36 bits per heavy atom. The first-order chi connectivity index (χ1) is 10.5. The summed E-state index contributed by atoms with van der Waals surface area (Å²) in [5.41, 5.74) is 0. The summed E-state index contributed by atoms with van der Waals surface area (Å²) in [7, 11) is 0. The van der Waals surface area contributed by atoms with Crippen LogP contribution in [0.5, 0.6) is 0 Å². The van der Waals surface area contributed by atoms with Crippen LogP contribution in [0.3, 0.4) is 0 Å². The number of nitrogens with one attached hydrogen (secondary N) is 1. The zero-order valence-electron chi connectivity index (χ0n) is 13.6. The van der Waals surface area contributed by atoms with Crippen LogP contribution in [-0.4, -0.2) is 34.5 Å². The molecule has 0 radical (unpaired) electrons. The first-order valence-electron chi connectivity index (χ1n) is 8.01. The molecule has 0 aromatic carbocycles. The van der Waals surface area contributed by atoms with Gasteiger partial charge in [0, 0.05) is 18.0 Å². The molecular weight excluding hydrogens is 282 g/mol. The van der Waals surface area contributed by atoms with E-state index in [1.54, 1.807) is 17.9 Å². The van der Waals surface area contributed by atoms with Gasteiger partial charge in [-0.3, -0.25) is 9.59 Å². The molecule has 0 aliphatic heterocycles. The minimum atomic E-state index is -0.244. The maximum Gasteiger partial charge on any atom is 0.245 e. The molecule has 6 heteroatoms. The van der Waals surface area contributed by atoms with Gasteiger partial charge >= 0.3 is 0 Å². The van der Waals surface area contributed by atoms with Gasteiger partial charge in [-0.1, -0.05) is 24.4 Å². The second kappa shape index (κ2) is 7.42. The van der Waals surface area contributed by atoms with Crippen molar-refractivity contribution in [3.63, 3.8) is 0 Å². The van der Waals surface area contributed by atoms with Gasteiger partial charge in [-0.2, -0.15) is 0 Å². The van der Waals surface area contributed by atoms with Crippen molar-refractivity contribution >= 4 is 17.6 Å². The summed E-state index contributed by atoms with van der Waals surface area (Å²) < 4.78 is 4.92. The van der Waals surface area contributed by atoms with E-state index in [0.29, 0.717) is 11.6 Å². The number of carbonyl (C=O) groups excluding carboxylic acids is 2. The van der Waals surface area contributed by atoms with E-state index >= 15 is 0 Å². The molecule has 122 valence electrons. The van der Waals surface area contributed by atoms with E-state index in [1.165, 1.54) is 6.42 Å². The van der Waals surface area contributed by atoms with Gasteiger partial charge < -0.3 is 14.7 Å². The molecule has 0 spiro atoms. The van der Waals surface area contributed by atoms with Crippen molar-refractivity contribution in [3.05, 3.63) is 11.8 Å². The third-order valence-electron chi connectivity index (χ3n) is 4.07. The van der Waals surface area contributed by atoms with Gasteiger partial charge in [-0.05, 0) is 33.6 Å². The average molecular weight is 307 g/mol. The fourth-order valence-electron chi connectivity index (χ4n) is 2.86. The first kappa shape index (κ1) is 16.5. The van der Waals surface area contributed by atoms with Crippen molar-refractivity contribution in [3.8, 4) is 0 Å². The van der Waals surface area contributed by atoms with Crippen molar-refractivity contribution in [1.82, 2.24) is 10.1 Å². The van der Waals surface area contributed by atoms with Gasteiger partial charge in [-0.25, -0.2) is 0 Å². The Labute approximate surface area is 131 Å². The summed E-state index contributed by atoms with van der Waals surface area (Å²) in [6, 6.07) is 1.65. The van der Waals surface area contributed by atoms with E-state index in [2.05, 4.69) is 10.5 Å². The molecule has 0 unspecified atom stereocenters. The van der Waals surface area contributed by atoms with Crippen LogP contribution in [0, 0.1) is 12.8 Å². The lowest BCUT2D eigenvalue weighted by atomic mass is 9.88. The third-order valence-corrected chi connectivity index (χ3v) is 4.07. The highest BCUT2D eigenvalue weighted by Crippen LogP contribution is 2.26. The number of nitrogens with zero attached hydrogens (tertiary/aromatic N) is 2. The number of carbonyl (C=O) groups is 2. The monoisotopic (exact) mass is 307 g/mol. The SMILES string of the molecule is Cc1cc(NC(=O)CN(C(=O)C2CCCCC2)C(C)C)no1. The van der Waals surface area contributed by atoms with Gasteiger partial charge in [-0.15, -0.1) is 0 Å². The molecule has 0 bridgehead atoms. The van der Waals surface area contributed by atoms with Crippen LogP contribution in [0.2, 0.25) is 0 Å². The molecule has 0 saturated heterocycles. The molecule has 6 nitrogen and oxygen atoms in total. The predicted molar refractivity (Wildman–Crippen MR) is 83.3 cm³/mol. The Balaban J connectivity index is 1.95. The highest BCUT2D eigenvalue weighted by atomic mass is 16.5. The van der Waals surface area contributed by atoms with Gasteiger partial charge in [0.1, 0.15) is 12.3 Å². The van der Waals surface area contributed by atoms with Crippen molar-refractivity contribution in [2.75, 3.05) is 11.9 Å². The Kier molecular flexibility index (Phi) is 5.57. The van der Waals surface area contributed by atoms with Crippen molar-refractivity contribution in [1.29, 1.82) is 0 Å². The predicted octanol–water partition coefficient (Wildman–Crippen LogP) is 2.74. The Bertz CT molecular complexity index is 518. The van der Waals surface area contributed by atoms with E-state index in [1.807, 2.05) is 13.8 Å². The Morgan fingerprint density at radius 2 is 2.05 bits per heavy atom. The minimum Gasteiger partial charge on any atom is -0.360 e. The largest absolute Gasteiger partial charge is 0.360 e. The second-order valence-electron chi connectivity index (χ2n) is 6.27. The van der Waals surface area contributed by atoms with Crippen LogP contribution >= 0.6 is 0 Å². The number of hydrogen-bond donors (Lipinski definition) is 1. The number of amides is 2. The molecule has 2 amide bonds. The highest BCUT2D eigenvalue weighted by Gasteiger charge is 2.28. The molecule has 2 rings (SSSR count). The molecule has 1 aromatic rings. The number of aryl methyl sites for hydroxylation is 1. The fraction of sp³-hybridized carbons (Fsp3) is 0.688. The fourth-order valence-corrected chi connectivity index (χ4v) is 2.86. The number of anilines is 1. The zero-order valence-corrected chi connectivity index (χ0v) is 13.6. The summed E-state index contributed by atoms with van der Waals surface area (Å²) in [6.45, 7) is 5.69. The number of hydrogen-bond acceptors (Lipinski definition) is 4. The number of aromatic nitrogens is 1. The molecular formula is C16H25N3O3. The van der Waals surface area contributed by atoms with Crippen LogP contribution in [0.4, 0.5) is 5.82 Å². The highest BCUT2D eigenvalue weighted by molar-refractivity contribution is 5.94. The standard InChI is InChI=1S/C16H25N3O3/c1-11(2)19(16(21)13-7-5-4-6-8-13)10-15(20)17-14-9-12(3)22-18-14/h9,11,13H,4-8,10H2,1-3H3,(H,17,18,20). The minimum absolute atomic E-state index is 0.000721. The average Bonchev–Trinajstić information content (AvgIpc) is 2.89. The van der Waals surface area contributed by atoms with Crippen LogP contribution in [0.1, 0.15) is 51.7 Å². The molecule has 1 heterocycles. The summed E-state index contributed by atoms with van der Waals surface area (Å²) in [5, 5.41) is 6.40. The van der Waals surface area contributed by atoms with Crippen LogP contribution in [-0.2, 0) is 9.59 Å². The summed E-state index contributed by atoms with van der Waals surface area (Å²) in [6.07, 6.45) is 5.29. The van der Waals surface area contributed by atoms with Crippen molar-refractivity contribution in [2.45, 2.75) is 58.9 Å². The summed E-state index contributed by atoms with van der Waals surface area (Å²) in [4.78, 5) is 26.4. The summed E-state index contributed by atoms with van der Waals surface area (Å²) in [5.74, 6) is 0.941. The lowest BCUT2D eigenvalue weighted by Gasteiger charge is -2.31. The van der Waals surface area contributed by atoms with Crippen LogP contribution in [0.15, 0.2) is 10.6 Å². The molecule has 1 aromatic heterocycles. The maximum atomic E-state index is 12.6. The van der Waals surface area contributed by atoms with Gasteiger partial charge in [0.25, 0.3) is 0 Å². The van der Waals surface area contributed by atoms with E-state index in [9.17, 15) is 9.59 Å². The van der Waals surface area contributed by atoms with E-state index < -0.39 is 0 Å². The topological polar surface area (TPSA) is 75.4 Å². The van der Waals surface area contributed by atoms with Crippen molar-refractivity contribution in [2.24, 2.45) is 5.92 Å². The third kappa shape index (κ3) is 4.32. The van der Waals surface area contributed by atoms with Gasteiger partial charge in [0.05, 0.1) is 0 Å². The lowest BCUT2D eigenvalue weighted by Crippen LogP contribution is -2.45. The van der Waals surface area contributed by atoms with E-state index in [-0.39, 0.29) is 30.3 Å². The molecule has 1 aliphatic rings. The zero-order chi connectivity index (χ0) is 16.1. The molecule has 1 saturated carbocycles. The molecule has 0 atom stereocenters. The second-order valence-corrected chi connectivity index (χ2v) is 6.27. The quantitative estimate of drug-likeness (QED) is 0.907. The molecule has 1 N–H and O–H groups in total. The Morgan fingerprint density at radius 3 is 2.59 bits per heavy atom. The van der Waals surface area contributed by atoms with Gasteiger partial charge in [0.2, 0.25) is 11.8 Å². The van der Waals surface area contributed by atoms with Crippen LogP contribution < -0.4 is 5.32 Å². The van der Waals surface area contributed by atoms with Crippen molar-refractivity contribution < 1.29 is 14.1 Å².